The van der Waals surface area contributed by atoms with Crippen molar-refractivity contribution >= 4 is 39.7 Å². The van der Waals surface area contributed by atoms with Crippen molar-refractivity contribution in [1.29, 1.82) is 0 Å². The number of hydrogen-bond acceptors (Lipinski definition) is 5. The molecule has 1 heterocycles. The zero-order valence-corrected chi connectivity index (χ0v) is 19.0. The van der Waals surface area contributed by atoms with Crippen LogP contribution in [0.2, 0.25) is 0 Å². The number of benzene rings is 3. The van der Waals surface area contributed by atoms with E-state index in [2.05, 4.69) is 16.0 Å². The Bertz CT molecular complexity index is 1220. The van der Waals surface area contributed by atoms with E-state index in [-0.39, 0.29) is 13.1 Å². The minimum atomic E-state index is -1.73. The normalized spacial score (nSPS) is 18.8. The van der Waals surface area contributed by atoms with E-state index in [1.165, 1.54) is 6.92 Å². The summed E-state index contributed by atoms with van der Waals surface area (Å²) < 4.78 is 0. The summed E-state index contributed by atoms with van der Waals surface area (Å²) in [6.07, 6.45) is 0. The Morgan fingerprint density at radius 1 is 1.06 bits per heavy atom. The molecule has 0 aliphatic carbocycles. The molecule has 0 saturated carbocycles. The van der Waals surface area contributed by atoms with Crippen molar-refractivity contribution in [2.45, 2.75) is 32.0 Å². The number of nitrogens with zero attached hydrogens (tertiary/aromatic N) is 1. The average molecular weight is 445 g/mol. The van der Waals surface area contributed by atoms with Crippen molar-refractivity contribution in [3.8, 4) is 0 Å². The third-order valence-corrected chi connectivity index (χ3v) is 6.32. The van der Waals surface area contributed by atoms with Crippen LogP contribution in [0.4, 0.5) is 11.4 Å². The first-order valence-electron chi connectivity index (χ1n) is 11.0. The van der Waals surface area contributed by atoms with Gasteiger partial charge < -0.3 is 20.9 Å². The highest BCUT2D eigenvalue weighted by atomic mass is 16.2. The Morgan fingerprint density at radius 2 is 1.76 bits per heavy atom. The summed E-state index contributed by atoms with van der Waals surface area (Å²) in [6.45, 7) is 3.24. The van der Waals surface area contributed by atoms with E-state index in [0.29, 0.717) is 5.69 Å². The second-order valence-corrected chi connectivity index (χ2v) is 8.36. The lowest BCUT2D eigenvalue weighted by atomic mass is 9.91. The molecule has 3 aromatic carbocycles. The predicted octanol–water partition coefficient (Wildman–Crippen LogP) is 2.85. The van der Waals surface area contributed by atoms with Crippen molar-refractivity contribution in [3.05, 3.63) is 72.3 Å². The first kappa shape index (κ1) is 22.5. The van der Waals surface area contributed by atoms with Gasteiger partial charge in [-0.15, -0.1) is 0 Å². The molecule has 2 amide bonds. The van der Waals surface area contributed by atoms with Crippen LogP contribution in [0.1, 0.15) is 19.4 Å². The van der Waals surface area contributed by atoms with Gasteiger partial charge in [0.15, 0.2) is 11.3 Å². The number of nitrogens with one attached hydrogen (secondary N) is 3. The van der Waals surface area contributed by atoms with E-state index in [1.807, 2.05) is 66.7 Å². The maximum Gasteiger partial charge on any atom is 0.262 e. The number of anilines is 2. The Morgan fingerprint density at radius 3 is 2.52 bits per heavy atom. The van der Waals surface area contributed by atoms with Crippen LogP contribution in [0.15, 0.2) is 66.7 Å². The molecule has 1 aliphatic heterocycles. The lowest BCUT2D eigenvalue weighted by molar-refractivity contribution is -0.139. The van der Waals surface area contributed by atoms with Crippen LogP contribution in [-0.4, -0.2) is 42.8 Å². The summed E-state index contributed by atoms with van der Waals surface area (Å²) in [5, 5.41) is 10.9. The van der Waals surface area contributed by atoms with Crippen LogP contribution in [0, 0.1) is 0 Å². The maximum atomic E-state index is 14.1. The zero-order valence-electron chi connectivity index (χ0n) is 19.0. The molecule has 170 valence electrons. The number of ketones is 1. The molecule has 7 heteroatoms. The van der Waals surface area contributed by atoms with Crippen molar-refractivity contribution in [1.82, 2.24) is 10.6 Å². The first-order chi connectivity index (χ1) is 15.9. The van der Waals surface area contributed by atoms with Crippen LogP contribution in [0.5, 0.6) is 0 Å². The largest absolute Gasteiger partial charge is 0.380 e. The molecule has 2 unspecified atom stereocenters. The van der Waals surface area contributed by atoms with Crippen LogP contribution in [0.3, 0.4) is 0 Å². The Kier molecular flexibility index (Phi) is 6.16. The fraction of sp³-hybridized carbons (Fsp3) is 0.269. The molecule has 1 aliphatic rings. The van der Waals surface area contributed by atoms with Gasteiger partial charge in [-0.05, 0) is 49.4 Å². The molecule has 3 N–H and O–H groups in total. The minimum Gasteiger partial charge on any atom is -0.380 e. The standard InChI is InChI=1S/C26H28N4O3/c1-17(27-3)24(32)29-26(18(2)31)16-28-22-13-6-7-14-23(22)30(25(26)33)15-20-11-8-10-19-9-4-5-12-21(19)20/h4-14,17,27-28H,15-16H2,1-3H3,(H,29,32). The van der Waals surface area contributed by atoms with Gasteiger partial charge in [0.2, 0.25) is 5.91 Å². The molecule has 0 spiro atoms. The van der Waals surface area contributed by atoms with E-state index in [4.69, 9.17) is 0 Å². The number of carbonyl (C=O) groups is 3. The van der Waals surface area contributed by atoms with Gasteiger partial charge in [0.25, 0.3) is 5.91 Å². The van der Waals surface area contributed by atoms with Crippen LogP contribution in [-0.2, 0) is 20.9 Å². The highest BCUT2D eigenvalue weighted by Crippen LogP contribution is 2.34. The summed E-state index contributed by atoms with van der Waals surface area (Å²) in [5.41, 5.74) is 0.608. The third-order valence-electron chi connectivity index (χ3n) is 6.32. The molecule has 3 aromatic rings. The molecular formula is C26H28N4O3. The Labute approximate surface area is 193 Å². The van der Waals surface area contributed by atoms with Crippen molar-refractivity contribution in [2.24, 2.45) is 0 Å². The van der Waals surface area contributed by atoms with E-state index >= 15 is 0 Å². The van der Waals surface area contributed by atoms with E-state index < -0.39 is 29.2 Å². The molecular weight excluding hydrogens is 416 g/mol. The number of carbonyl (C=O) groups excluding carboxylic acids is 3. The molecule has 0 aromatic heterocycles. The van der Waals surface area contributed by atoms with Gasteiger partial charge in [0, 0.05) is 0 Å². The highest BCUT2D eigenvalue weighted by Gasteiger charge is 2.49. The lowest BCUT2D eigenvalue weighted by Gasteiger charge is -2.34. The summed E-state index contributed by atoms with van der Waals surface area (Å²) >= 11 is 0. The van der Waals surface area contributed by atoms with Crippen LogP contribution in [0.25, 0.3) is 10.8 Å². The minimum absolute atomic E-state index is 0.0353. The Balaban J connectivity index is 1.82. The second-order valence-electron chi connectivity index (χ2n) is 8.36. The summed E-state index contributed by atoms with van der Waals surface area (Å²) in [5.74, 6) is -1.30. The summed E-state index contributed by atoms with van der Waals surface area (Å²) in [6, 6.07) is 20.8. The zero-order chi connectivity index (χ0) is 23.6. The van der Waals surface area contributed by atoms with Gasteiger partial charge in [-0.25, -0.2) is 0 Å². The first-order valence-corrected chi connectivity index (χ1v) is 11.0. The molecule has 2 atom stereocenters. The van der Waals surface area contributed by atoms with E-state index in [9.17, 15) is 14.4 Å². The third kappa shape index (κ3) is 4.07. The monoisotopic (exact) mass is 444 g/mol. The molecule has 33 heavy (non-hydrogen) atoms. The van der Waals surface area contributed by atoms with Gasteiger partial charge >= 0.3 is 0 Å². The molecule has 4 rings (SSSR count). The van der Waals surface area contributed by atoms with Crippen LogP contribution < -0.4 is 20.9 Å². The topological polar surface area (TPSA) is 90.5 Å². The predicted molar refractivity (Wildman–Crippen MR) is 130 cm³/mol. The van der Waals surface area contributed by atoms with E-state index in [0.717, 1.165) is 22.0 Å². The lowest BCUT2D eigenvalue weighted by Crippen LogP contribution is -2.68. The van der Waals surface area contributed by atoms with Gasteiger partial charge in [0.1, 0.15) is 0 Å². The van der Waals surface area contributed by atoms with Crippen molar-refractivity contribution in [3.63, 3.8) is 0 Å². The van der Waals surface area contributed by atoms with Crippen LogP contribution >= 0.6 is 0 Å². The average Bonchev–Trinajstić information content (AvgIpc) is 2.95. The van der Waals surface area contributed by atoms with Crippen molar-refractivity contribution in [2.75, 3.05) is 23.8 Å². The number of likely N-dealkylation sites (N-methyl/N-ethyl adjacent to an activating group) is 1. The smallest absolute Gasteiger partial charge is 0.262 e. The number of hydrogen-bond donors (Lipinski definition) is 3. The number of amides is 2. The quantitative estimate of drug-likeness (QED) is 0.509. The SMILES string of the molecule is CNC(C)C(=O)NC1(C(C)=O)CNc2ccccc2N(Cc2cccc3ccccc23)C1=O. The van der Waals surface area contributed by atoms with E-state index in [1.54, 1.807) is 18.9 Å². The van der Waals surface area contributed by atoms with Gasteiger partial charge in [-0.3, -0.25) is 14.4 Å². The molecule has 0 saturated heterocycles. The number of fused-ring (bicyclic) bond motifs is 2. The molecule has 0 radical (unpaired) electrons. The summed E-state index contributed by atoms with van der Waals surface area (Å²) in [4.78, 5) is 41.5. The Hall–Kier alpha value is -3.71. The van der Waals surface area contributed by atoms with Gasteiger partial charge in [-0.2, -0.15) is 0 Å². The fourth-order valence-corrected chi connectivity index (χ4v) is 4.17. The second kappa shape index (κ2) is 9.03. The number of para-hydroxylation sites is 2. The molecule has 0 fully saturated rings. The van der Waals surface area contributed by atoms with Gasteiger partial charge in [0.05, 0.1) is 30.5 Å². The number of rotatable bonds is 6. The van der Waals surface area contributed by atoms with Gasteiger partial charge in [-0.1, -0.05) is 54.6 Å². The molecule has 7 nitrogen and oxygen atoms in total. The summed E-state index contributed by atoms with van der Waals surface area (Å²) in [7, 11) is 1.65. The molecule has 0 bridgehead atoms. The maximum absolute atomic E-state index is 14.1. The van der Waals surface area contributed by atoms with Crippen molar-refractivity contribution < 1.29 is 14.4 Å². The number of Topliss-reactive ketones (excluding diaryl/α,β-unsaturated/α-hetero) is 1. The highest BCUT2D eigenvalue weighted by molar-refractivity contribution is 6.19. The fourth-order valence-electron chi connectivity index (χ4n) is 4.17.